The Morgan fingerprint density at radius 2 is 2.38 bits per heavy atom. The zero-order chi connectivity index (χ0) is 11.5. The van der Waals surface area contributed by atoms with E-state index in [4.69, 9.17) is 17.3 Å². The second kappa shape index (κ2) is 5.17. The topological polar surface area (TPSA) is 29.3 Å². The van der Waals surface area contributed by atoms with Crippen LogP contribution in [0.1, 0.15) is 24.8 Å². The predicted octanol–water partition coefficient (Wildman–Crippen LogP) is 2.48. The van der Waals surface area contributed by atoms with Crippen molar-refractivity contribution in [2.24, 2.45) is 5.73 Å². The normalized spacial score (nSPS) is 23.6. The summed E-state index contributed by atoms with van der Waals surface area (Å²) < 4.78 is 0. The molecule has 2 rings (SSSR count). The molecule has 0 bridgehead atoms. The summed E-state index contributed by atoms with van der Waals surface area (Å²) in [4.78, 5) is 2.44. The summed E-state index contributed by atoms with van der Waals surface area (Å²) >= 11 is 6.00. The van der Waals surface area contributed by atoms with E-state index in [2.05, 4.69) is 24.0 Å². The van der Waals surface area contributed by atoms with Crippen LogP contribution < -0.4 is 5.73 Å². The first-order valence-electron chi connectivity index (χ1n) is 5.88. The second-order valence-corrected chi connectivity index (χ2v) is 5.20. The van der Waals surface area contributed by atoms with E-state index in [9.17, 15) is 0 Å². The van der Waals surface area contributed by atoms with E-state index in [0.29, 0.717) is 12.0 Å². The van der Waals surface area contributed by atoms with Crippen LogP contribution in [0.25, 0.3) is 0 Å². The molecule has 0 aliphatic carbocycles. The van der Waals surface area contributed by atoms with Gasteiger partial charge in [0, 0.05) is 24.2 Å². The number of halogens is 1. The van der Waals surface area contributed by atoms with Gasteiger partial charge in [0.2, 0.25) is 0 Å². The molecule has 0 aromatic heterocycles. The number of hydrogen-bond donors (Lipinski definition) is 1. The molecule has 88 valence electrons. The highest BCUT2D eigenvalue weighted by Gasteiger charge is 2.20. The first kappa shape index (κ1) is 11.9. The van der Waals surface area contributed by atoms with Gasteiger partial charge in [-0.1, -0.05) is 30.7 Å². The van der Waals surface area contributed by atoms with Crippen molar-refractivity contribution in [2.75, 3.05) is 19.6 Å². The van der Waals surface area contributed by atoms with E-state index >= 15 is 0 Å². The zero-order valence-electron chi connectivity index (χ0n) is 9.70. The number of benzene rings is 1. The zero-order valence-corrected chi connectivity index (χ0v) is 10.5. The fourth-order valence-corrected chi connectivity index (χ4v) is 2.53. The highest BCUT2D eigenvalue weighted by molar-refractivity contribution is 6.30. The summed E-state index contributed by atoms with van der Waals surface area (Å²) in [5.41, 5.74) is 7.21. The molecule has 16 heavy (non-hydrogen) atoms. The van der Waals surface area contributed by atoms with Crippen LogP contribution in [-0.2, 0) is 0 Å². The second-order valence-electron chi connectivity index (χ2n) is 4.76. The van der Waals surface area contributed by atoms with Crippen LogP contribution in [0, 0.1) is 0 Å². The predicted molar refractivity (Wildman–Crippen MR) is 68.9 cm³/mol. The van der Waals surface area contributed by atoms with Gasteiger partial charge >= 0.3 is 0 Å². The lowest BCUT2D eigenvalue weighted by Crippen LogP contribution is -2.29. The number of nitrogens with two attached hydrogens (primary N) is 1. The maximum Gasteiger partial charge on any atom is 0.0408 e. The third-order valence-corrected chi connectivity index (χ3v) is 3.49. The first-order valence-corrected chi connectivity index (χ1v) is 6.26. The smallest absolute Gasteiger partial charge is 0.0408 e. The van der Waals surface area contributed by atoms with Gasteiger partial charge in [0.15, 0.2) is 0 Å². The molecule has 2 unspecified atom stereocenters. The molecule has 0 spiro atoms. The molecule has 1 aromatic carbocycles. The van der Waals surface area contributed by atoms with Crippen LogP contribution in [0.2, 0.25) is 5.02 Å². The van der Waals surface area contributed by atoms with Crippen molar-refractivity contribution >= 4 is 11.6 Å². The fourth-order valence-electron chi connectivity index (χ4n) is 2.33. The van der Waals surface area contributed by atoms with Gasteiger partial charge < -0.3 is 10.6 Å². The average Bonchev–Trinajstić information content (AvgIpc) is 2.64. The van der Waals surface area contributed by atoms with Crippen LogP contribution in [0.15, 0.2) is 24.3 Å². The van der Waals surface area contributed by atoms with Crippen LogP contribution in [0.3, 0.4) is 0 Å². The lowest BCUT2D eigenvalue weighted by atomic mass is 10.0. The lowest BCUT2D eigenvalue weighted by molar-refractivity contribution is 0.317. The van der Waals surface area contributed by atoms with Crippen molar-refractivity contribution in [1.82, 2.24) is 4.90 Å². The molecular formula is C13H19ClN2. The minimum Gasteiger partial charge on any atom is -0.326 e. The highest BCUT2D eigenvalue weighted by atomic mass is 35.5. The Morgan fingerprint density at radius 3 is 3.00 bits per heavy atom. The summed E-state index contributed by atoms with van der Waals surface area (Å²) in [6.45, 7) is 5.49. The molecule has 1 heterocycles. The van der Waals surface area contributed by atoms with E-state index in [1.807, 2.05) is 12.1 Å². The summed E-state index contributed by atoms with van der Waals surface area (Å²) in [5.74, 6) is 0.518. The van der Waals surface area contributed by atoms with Crippen molar-refractivity contribution in [3.8, 4) is 0 Å². The quantitative estimate of drug-likeness (QED) is 0.877. The van der Waals surface area contributed by atoms with Gasteiger partial charge in [-0.05, 0) is 36.6 Å². The highest BCUT2D eigenvalue weighted by Crippen LogP contribution is 2.21. The van der Waals surface area contributed by atoms with Gasteiger partial charge in [0.1, 0.15) is 0 Å². The molecule has 1 saturated heterocycles. The Hall–Kier alpha value is -0.570. The summed E-state index contributed by atoms with van der Waals surface area (Å²) in [5, 5.41) is 0.822. The maximum absolute atomic E-state index is 6.00. The first-order chi connectivity index (χ1) is 7.65. The van der Waals surface area contributed by atoms with E-state index < -0.39 is 0 Å². The van der Waals surface area contributed by atoms with Gasteiger partial charge in [-0.25, -0.2) is 0 Å². The van der Waals surface area contributed by atoms with Crippen molar-refractivity contribution in [3.05, 3.63) is 34.9 Å². The van der Waals surface area contributed by atoms with Gasteiger partial charge in [-0.3, -0.25) is 0 Å². The summed E-state index contributed by atoms with van der Waals surface area (Å²) in [6.07, 6.45) is 1.13. The minimum absolute atomic E-state index is 0.367. The summed E-state index contributed by atoms with van der Waals surface area (Å²) in [7, 11) is 0. The van der Waals surface area contributed by atoms with Crippen LogP contribution in [0.4, 0.5) is 0 Å². The average molecular weight is 239 g/mol. The number of hydrogen-bond acceptors (Lipinski definition) is 2. The molecule has 2 N–H and O–H groups in total. The van der Waals surface area contributed by atoms with Gasteiger partial charge in [0.25, 0.3) is 0 Å². The molecule has 3 heteroatoms. The van der Waals surface area contributed by atoms with Crippen molar-refractivity contribution in [3.63, 3.8) is 0 Å². The van der Waals surface area contributed by atoms with E-state index in [1.54, 1.807) is 0 Å². The van der Waals surface area contributed by atoms with Crippen molar-refractivity contribution in [2.45, 2.75) is 25.3 Å². The summed E-state index contributed by atoms with van der Waals surface area (Å²) in [6, 6.07) is 8.51. The van der Waals surface area contributed by atoms with Gasteiger partial charge in [0.05, 0.1) is 0 Å². The Balaban J connectivity index is 1.95. The van der Waals surface area contributed by atoms with Crippen LogP contribution in [0.5, 0.6) is 0 Å². The number of nitrogens with zero attached hydrogens (tertiary/aromatic N) is 1. The molecule has 2 nitrogen and oxygen atoms in total. The minimum atomic E-state index is 0.367. The molecule has 1 fully saturated rings. The standard InChI is InChI=1S/C13H19ClN2/c1-10(8-16-6-5-13(15)9-16)11-3-2-4-12(14)7-11/h2-4,7,10,13H,5-6,8-9,15H2,1H3. The largest absolute Gasteiger partial charge is 0.326 e. The Morgan fingerprint density at radius 1 is 1.56 bits per heavy atom. The lowest BCUT2D eigenvalue weighted by Gasteiger charge is -2.20. The third kappa shape index (κ3) is 2.97. The van der Waals surface area contributed by atoms with Gasteiger partial charge in [-0.2, -0.15) is 0 Å². The van der Waals surface area contributed by atoms with Crippen molar-refractivity contribution < 1.29 is 0 Å². The molecule has 0 radical (unpaired) electrons. The van der Waals surface area contributed by atoms with Gasteiger partial charge in [-0.15, -0.1) is 0 Å². The molecule has 1 aliphatic rings. The van der Waals surface area contributed by atoms with E-state index in [-0.39, 0.29) is 0 Å². The Labute approximate surface area is 102 Å². The maximum atomic E-state index is 6.00. The fraction of sp³-hybridized carbons (Fsp3) is 0.538. The molecular weight excluding hydrogens is 220 g/mol. The van der Waals surface area contributed by atoms with E-state index in [1.165, 1.54) is 5.56 Å². The molecule has 0 saturated carbocycles. The SMILES string of the molecule is CC(CN1CCC(N)C1)c1cccc(Cl)c1. The monoisotopic (exact) mass is 238 g/mol. The molecule has 2 atom stereocenters. The number of rotatable bonds is 3. The Bertz CT molecular complexity index is 354. The van der Waals surface area contributed by atoms with Crippen LogP contribution in [-0.4, -0.2) is 30.6 Å². The number of likely N-dealkylation sites (tertiary alicyclic amines) is 1. The molecule has 0 amide bonds. The molecule has 1 aromatic rings. The van der Waals surface area contributed by atoms with E-state index in [0.717, 1.165) is 31.1 Å². The van der Waals surface area contributed by atoms with Crippen molar-refractivity contribution in [1.29, 1.82) is 0 Å². The van der Waals surface area contributed by atoms with Crippen LogP contribution >= 0.6 is 11.6 Å². The third-order valence-electron chi connectivity index (χ3n) is 3.26. The Kier molecular flexibility index (Phi) is 3.85. The molecule has 1 aliphatic heterocycles.